The maximum atomic E-state index is 13.3. The molecule has 0 radical (unpaired) electrons. The number of nitrogens with zero attached hydrogens (tertiary/aromatic N) is 1. The highest BCUT2D eigenvalue weighted by atomic mass is 19.1. The molecule has 1 aromatic rings. The molecular weight excluding hydrogens is 259 g/mol. The Kier molecular flexibility index (Phi) is 5.09. The van der Waals surface area contributed by atoms with Gasteiger partial charge in [-0.25, -0.2) is 9.82 Å². The first-order valence-corrected chi connectivity index (χ1v) is 6.89. The number of nitrogens with one attached hydrogen (secondary N) is 1. The zero-order valence-corrected chi connectivity index (χ0v) is 11.6. The van der Waals surface area contributed by atoms with Gasteiger partial charge in [0.05, 0.1) is 0 Å². The minimum Gasteiger partial charge on any atom is -0.481 e. The highest BCUT2D eigenvalue weighted by Gasteiger charge is 2.16. The molecule has 108 valence electrons. The number of ether oxygens (including phenoxy) is 1. The second-order valence-electron chi connectivity index (χ2n) is 5.00. The fraction of sp³-hybridized carbons (Fsp3) is 0.467. The van der Waals surface area contributed by atoms with Gasteiger partial charge in [0.2, 0.25) is 0 Å². The molecule has 5 heteroatoms. The molecular formula is C15H19FN2O2. The molecule has 1 aromatic carbocycles. The largest absolute Gasteiger partial charge is 0.481 e. The number of carbonyl (C=O) groups is 1. The summed E-state index contributed by atoms with van der Waals surface area (Å²) in [5.74, 6) is -0.371. The van der Waals surface area contributed by atoms with Crippen LogP contribution in [0.4, 0.5) is 4.39 Å². The fourth-order valence-electron chi connectivity index (χ4n) is 2.21. The van der Waals surface area contributed by atoms with Crippen LogP contribution in [0.1, 0.15) is 32.6 Å². The van der Waals surface area contributed by atoms with Crippen LogP contribution in [-0.2, 0) is 4.79 Å². The lowest BCUT2D eigenvalue weighted by Crippen LogP contribution is -2.28. The summed E-state index contributed by atoms with van der Waals surface area (Å²) in [6.07, 6.45) is 4.37. The maximum absolute atomic E-state index is 13.3. The molecule has 1 aliphatic carbocycles. The van der Waals surface area contributed by atoms with Gasteiger partial charge in [0.1, 0.15) is 0 Å². The van der Waals surface area contributed by atoms with E-state index in [9.17, 15) is 9.18 Å². The first-order valence-electron chi connectivity index (χ1n) is 6.89. The van der Waals surface area contributed by atoms with Gasteiger partial charge >= 0.3 is 0 Å². The molecule has 1 fully saturated rings. The third-order valence-electron chi connectivity index (χ3n) is 3.41. The topological polar surface area (TPSA) is 50.7 Å². The molecule has 1 N–H and O–H groups in total. The Morgan fingerprint density at radius 1 is 1.45 bits per heavy atom. The van der Waals surface area contributed by atoms with Crippen molar-refractivity contribution < 1.29 is 13.9 Å². The summed E-state index contributed by atoms with van der Waals surface area (Å²) >= 11 is 0. The molecule has 0 bridgehead atoms. The number of rotatable bonds is 4. The number of amides is 1. The van der Waals surface area contributed by atoms with E-state index in [0.717, 1.165) is 25.0 Å². The molecule has 0 aliphatic heterocycles. The van der Waals surface area contributed by atoms with Crippen LogP contribution >= 0.6 is 0 Å². The minimum atomic E-state index is -0.479. The standard InChI is InChI=1S/C15H19FN2O2/c1-11-6-2-4-8-13(11)17-18-15(19)10-20-14-9-5-3-7-12(14)16/h3,5,7,9,11H,2,4,6,8,10H2,1H3,(H,18,19)/b17-13-/t11-/m0/s1. The van der Waals surface area contributed by atoms with Gasteiger partial charge in [0.25, 0.3) is 5.91 Å². The molecule has 0 saturated heterocycles. The maximum Gasteiger partial charge on any atom is 0.277 e. The average Bonchev–Trinajstić information content (AvgIpc) is 2.45. The van der Waals surface area contributed by atoms with E-state index in [0.29, 0.717) is 5.92 Å². The molecule has 2 rings (SSSR count). The van der Waals surface area contributed by atoms with Gasteiger partial charge in [-0.2, -0.15) is 5.10 Å². The number of carbonyl (C=O) groups excluding carboxylic acids is 1. The van der Waals surface area contributed by atoms with Crippen molar-refractivity contribution >= 4 is 11.6 Å². The third kappa shape index (κ3) is 4.05. The molecule has 1 aliphatic rings. The van der Waals surface area contributed by atoms with Crippen LogP contribution in [0.2, 0.25) is 0 Å². The van der Waals surface area contributed by atoms with Crippen molar-refractivity contribution in [1.82, 2.24) is 5.43 Å². The second-order valence-corrected chi connectivity index (χ2v) is 5.00. The van der Waals surface area contributed by atoms with E-state index in [1.54, 1.807) is 12.1 Å². The number of halogens is 1. The van der Waals surface area contributed by atoms with Crippen molar-refractivity contribution in [2.24, 2.45) is 11.0 Å². The Balaban J connectivity index is 1.81. The number of hydrazone groups is 1. The van der Waals surface area contributed by atoms with Crippen molar-refractivity contribution in [1.29, 1.82) is 0 Å². The SMILES string of the molecule is C[C@H]1CCCC/C1=N/NC(=O)COc1ccccc1F. The number of para-hydroxylation sites is 1. The minimum absolute atomic E-state index is 0.0707. The highest BCUT2D eigenvalue weighted by molar-refractivity contribution is 5.88. The second kappa shape index (κ2) is 7.03. The highest BCUT2D eigenvalue weighted by Crippen LogP contribution is 2.20. The zero-order valence-electron chi connectivity index (χ0n) is 11.6. The van der Waals surface area contributed by atoms with E-state index in [4.69, 9.17) is 4.74 Å². The van der Waals surface area contributed by atoms with E-state index in [1.807, 2.05) is 0 Å². The summed E-state index contributed by atoms with van der Waals surface area (Å²) in [5, 5.41) is 4.14. The molecule has 0 unspecified atom stereocenters. The van der Waals surface area contributed by atoms with Crippen molar-refractivity contribution in [2.75, 3.05) is 6.61 Å². The summed E-state index contributed by atoms with van der Waals surface area (Å²) in [6.45, 7) is 1.87. The van der Waals surface area contributed by atoms with Gasteiger partial charge in [-0.3, -0.25) is 4.79 Å². The van der Waals surface area contributed by atoms with Crippen LogP contribution < -0.4 is 10.2 Å². The predicted molar refractivity (Wildman–Crippen MR) is 75.1 cm³/mol. The van der Waals surface area contributed by atoms with Gasteiger partial charge < -0.3 is 4.74 Å². The smallest absolute Gasteiger partial charge is 0.277 e. The van der Waals surface area contributed by atoms with Gasteiger partial charge in [-0.15, -0.1) is 0 Å². The summed E-state index contributed by atoms with van der Waals surface area (Å²) in [6, 6.07) is 5.99. The van der Waals surface area contributed by atoms with Crippen LogP contribution in [0.3, 0.4) is 0 Å². The van der Waals surface area contributed by atoms with Gasteiger partial charge in [-0.05, 0) is 37.3 Å². The number of benzene rings is 1. The molecule has 4 nitrogen and oxygen atoms in total. The van der Waals surface area contributed by atoms with Crippen LogP contribution in [0.5, 0.6) is 5.75 Å². The van der Waals surface area contributed by atoms with E-state index >= 15 is 0 Å². The average molecular weight is 278 g/mol. The van der Waals surface area contributed by atoms with Crippen LogP contribution in [0.25, 0.3) is 0 Å². The van der Waals surface area contributed by atoms with Crippen molar-refractivity contribution in [3.8, 4) is 5.75 Å². The Labute approximate surface area is 118 Å². The van der Waals surface area contributed by atoms with Crippen LogP contribution in [0, 0.1) is 11.7 Å². The number of hydrogen-bond donors (Lipinski definition) is 1. The Morgan fingerprint density at radius 2 is 2.25 bits per heavy atom. The zero-order chi connectivity index (χ0) is 14.4. The normalized spacial score (nSPS) is 20.7. The van der Waals surface area contributed by atoms with Gasteiger partial charge in [-0.1, -0.05) is 25.5 Å². The lowest BCUT2D eigenvalue weighted by atomic mass is 9.89. The van der Waals surface area contributed by atoms with Crippen molar-refractivity contribution in [2.45, 2.75) is 32.6 Å². The van der Waals surface area contributed by atoms with Crippen LogP contribution in [0.15, 0.2) is 29.4 Å². The van der Waals surface area contributed by atoms with E-state index in [-0.39, 0.29) is 18.3 Å². The van der Waals surface area contributed by atoms with Gasteiger partial charge in [0.15, 0.2) is 18.2 Å². The lowest BCUT2D eigenvalue weighted by Gasteiger charge is -2.19. The molecule has 0 aromatic heterocycles. The quantitative estimate of drug-likeness (QED) is 0.861. The molecule has 20 heavy (non-hydrogen) atoms. The van der Waals surface area contributed by atoms with Crippen molar-refractivity contribution in [3.63, 3.8) is 0 Å². The Bertz CT molecular complexity index is 502. The first-order chi connectivity index (χ1) is 9.66. The van der Waals surface area contributed by atoms with E-state index in [2.05, 4.69) is 17.5 Å². The summed E-state index contributed by atoms with van der Waals surface area (Å²) in [5.41, 5.74) is 3.50. The predicted octanol–water partition coefficient (Wildman–Crippen LogP) is 2.89. The molecule has 0 heterocycles. The van der Waals surface area contributed by atoms with E-state index in [1.165, 1.54) is 18.6 Å². The lowest BCUT2D eigenvalue weighted by molar-refractivity contribution is -0.123. The van der Waals surface area contributed by atoms with Gasteiger partial charge in [0, 0.05) is 5.71 Å². The summed E-state index contributed by atoms with van der Waals surface area (Å²) in [7, 11) is 0. The molecule has 1 atom stereocenters. The summed E-state index contributed by atoms with van der Waals surface area (Å²) < 4.78 is 18.4. The molecule has 1 saturated carbocycles. The van der Waals surface area contributed by atoms with E-state index < -0.39 is 5.82 Å². The summed E-state index contributed by atoms with van der Waals surface area (Å²) in [4.78, 5) is 11.6. The monoisotopic (exact) mass is 278 g/mol. The van der Waals surface area contributed by atoms with Crippen LogP contribution in [-0.4, -0.2) is 18.2 Å². The first kappa shape index (κ1) is 14.5. The molecule has 0 spiro atoms. The van der Waals surface area contributed by atoms with Crippen molar-refractivity contribution in [3.05, 3.63) is 30.1 Å². The molecule has 1 amide bonds. The number of hydrogen-bond acceptors (Lipinski definition) is 3. The Morgan fingerprint density at radius 3 is 3.00 bits per heavy atom. The Hall–Kier alpha value is -1.91. The fourth-order valence-corrected chi connectivity index (χ4v) is 2.21. The third-order valence-corrected chi connectivity index (χ3v) is 3.41.